The molecule has 0 unspecified atom stereocenters. The van der Waals surface area contributed by atoms with E-state index in [1.807, 2.05) is 0 Å². The molecule has 0 fully saturated rings. The molecule has 0 saturated heterocycles. The van der Waals surface area contributed by atoms with Gasteiger partial charge in [0, 0.05) is 54.6 Å². The predicted octanol–water partition coefficient (Wildman–Crippen LogP) is 7.71. The van der Waals surface area contributed by atoms with Crippen molar-refractivity contribution in [3.05, 3.63) is 107 Å². The number of hydrogen-bond acceptors (Lipinski definition) is 7. The van der Waals surface area contributed by atoms with Crippen LogP contribution in [0.4, 0.5) is 35.1 Å². The number of aromatic nitrogens is 5. The van der Waals surface area contributed by atoms with Crippen LogP contribution in [0.5, 0.6) is 11.8 Å². The van der Waals surface area contributed by atoms with Gasteiger partial charge in [-0.3, -0.25) is 9.48 Å². The van der Waals surface area contributed by atoms with E-state index < -0.39 is 78.2 Å². The molecule has 272 valence electrons. The van der Waals surface area contributed by atoms with Gasteiger partial charge in [-0.15, -0.1) is 0 Å². The molecule has 52 heavy (non-hydrogen) atoms. The van der Waals surface area contributed by atoms with Gasteiger partial charge in [-0.1, -0.05) is 6.07 Å². The molecule has 0 spiro atoms. The molecule has 1 N–H and O–H groups in total. The van der Waals surface area contributed by atoms with Crippen molar-refractivity contribution in [3.63, 3.8) is 0 Å². The first-order chi connectivity index (χ1) is 24.7. The van der Waals surface area contributed by atoms with E-state index in [9.17, 15) is 31.1 Å². The third kappa shape index (κ3) is 7.38. The van der Waals surface area contributed by atoms with Crippen molar-refractivity contribution >= 4 is 5.91 Å². The van der Waals surface area contributed by atoms with Crippen LogP contribution in [0.1, 0.15) is 53.5 Å². The number of methoxy groups -OCH3 is 2. The fourth-order valence-electron chi connectivity index (χ4n) is 6.11. The van der Waals surface area contributed by atoms with Gasteiger partial charge in [-0.25, -0.2) is 41.3 Å². The second kappa shape index (κ2) is 14.2. The average Bonchev–Trinajstić information content (AvgIpc) is 3.51. The van der Waals surface area contributed by atoms with Gasteiger partial charge in [0.25, 0.3) is 18.3 Å². The SMILES string of the molecule is COc1cc(-c2ccc(-c3ccnc(OC)c3)c([C@H](Cc3cc(F)cc(F)c3)NC(=O)Cn3nc(C(F)F)c4c3C(F)(F)CCC4(F)F)n2)ccn1. The summed E-state index contributed by atoms with van der Waals surface area (Å²) in [6, 6.07) is 11.0. The number of amides is 1. The van der Waals surface area contributed by atoms with Gasteiger partial charge in [0.1, 0.15) is 29.6 Å². The smallest absolute Gasteiger partial charge is 0.290 e. The van der Waals surface area contributed by atoms with Crippen molar-refractivity contribution in [1.29, 1.82) is 0 Å². The van der Waals surface area contributed by atoms with Crippen LogP contribution in [0.15, 0.2) is 67.0 Å². The van der Waals surface area contributed by atoms with Crippen LogP contribution in [0.2, 0.25) is 0 Å². The number of nitrogens with one attached hydrogen (secondary N) is 1. The lowest BCUT2D eigenvalue weighted by Gasteiger charge is -2.29. The maximum atomic E-state index is 15.1. The Kier molecular flexibility index (Phi) is 9.88. The number of ether oxygens (including phenoxy) is 2. The molecule has 1 aromatic carbocycles. The molecule has 9 nitrogen and oxygen atoms in total. The van der Waals surface area contributed by atoms with E-state index in [-0.39, 0.29) is 34.1 Å². The number of hydrogen-bond donors (Lipinski definition) is 1. The van der Waals surface area contributed by atoms with E-state index >= 15 is 8.78 Å². The molecular weight excluding hydrogens is 704 g/mol. The fourth-order valence-corrected chi connectivity index (χ4v) is 6.11. The summed E-state index contributed by atoms with van der Waals surface area (Å²) in [6.07, 6.45) is -3.85. The molecule has 4 aromatic heterocycles. The van der Waals surface area contributed by atoms with Crippen molar-refractivity contribution in [2.24, 2.45) is 0 Å². The number of carbonyl (C=O) groups is 1. The summed E-state index contributed by atoms with van der Waals surface area (Å²) in [7, 11) is 2.80. The van der Waals surface area contributed by atoms with E-state index in [4.69, 9.17) is 14.5 Å². The second-order valence-corrected chi connectivity index (χ2v) is 11.9. The molecule has 1 amide bonds. The maximum absolute atomic E-state index is 15.1. The van der Waals surface area contributed by atoms with E-state index in [1.165, 1.54) is 26.6 Å². The summed E-state index contributed by atoms with van der Waals surface area (Å²) in [5.74, 6) is -10.6. The third-order valence-corrected chi connectivity index (χ3v) is 8.39. The highest BCUT2D eigenvalue weighted by Crippen LogP contribution is 2.52. The third-order valence-electron chi connectivity index (χ3n) is 8.39. The molecule has 0 aliphatic heterocycles. The molecule has 6 rings (SSSR count). The number of rotatable bonds is 11. The highest BCUT2D eigenvalue weighted by Gasteiger charge is 2.55. The normalized spacial score (nSPS) is 15.2. The molecule has 4 heterocycles. The monoisotopic (exact) mass is 732 g/mol. The Bertz CT molecular complexity index is 2110. The van der Waals surface area contributed by atoms with E-state index in [1.54, 1.807) is 36.4 Å². The van der Waals surface area contributed by atoms with Crippen LogP contribution < -0.4 is 14.8 Å². The van der Waals surface area contributed by atoms with Crippen molar-refractivity contribution in [3.8, 4) is 34.1 Å². The van der Waals surface area contributed by atoms with Gasteiger partial charge in [0.05, 0.1) is 37.2 Å². The van der Waals surface area contributed by atoms with Gasteiger partial charge in [-0.2, -0.15) is 13.9 Å². The molecule has 1 atom stereocenters. The number of nitrogens with zero attached hydrogens (tertiary/aromatic N) is 5. The molecule has 0 bridgehead atoms. The van der Waals surface area contributed by atoms with Gasteiger partial charge < -0.3 is 14.8 Å². The topological polar surface area (TPSA) is 104 Å². The number of halogens is 8. The van der Waals surface area contributed by atoms with E-state index in [0.29, 0.717) is 28.5 Å². The fraction of sp³-hybridized carbons (Fsp3) is 0.286. The molecule has 0 saturated carbocycles. The van der Waals surface area contributed by atoms with E-state index in [2.05, 4.69) is 20.4 Å². The summed E-state index contributed by atoms with van der Waals surface area (Å²) in [6.45, 7) is -1.19. The number of benzene rings is 1. The van der Waals surface area contributed by atoms with E-state index in [0.717, 1.165) is 12.1 Å². The van der Waals surface area contributed by atoms with Crippen LogP contribution >= 0.6 is 0 Å². The standard InChI is InChI=1S/C35H28F8N6O3/c1-51-27-14-19(5-9-44-27)23-3-4-24(20-6-10-45-28(15-20)52-2)47-30(23)25(13-18-11-21(36)16-22(37)12-18)46-26(50)17-49-32-29(31(48-49)33(38)39)34(40,41)7-8-35(32,42)43/h3-6,9-12,14-16,25,33H,7-8,13,17H2,1-2H3,(H,46,50)/t25-/m0/s1. The lowest BCUT2D eigenvalue weighted by atomic mass is 9.89. The quantitative estimate of drug-likeness (QED) is 0.139. The summed E-state index contributed by atoms with van der Waals surface area (Å²) in [5.41, 5.74) is -2.83. The van der Waals surface area contributed by atoms with Crippen LogP contribution in [0.25, 0.3) is 22.4 Å². The Morgan fingerprint density at radius 3 is 2.10 bits per heavy atom. The number of fused-ring (bicyclic) bond motifs is 1. The van der Waals surface area contributed by atoms with Crippen LogP contribution in [0, 0.1) is 11.6 Å². The van der Waals surface area contributed by atoms with Gasteiger partial charge in [0.2, 0.25) is 17.7 Å². The maximum Gasteiger partial charge on any atom is 0.290 e. The predicted molar refractivity (Wildman–Crippen MR) is 169 cm³/mol. The molecule has 1 aliphatic rings. The summed E-state index contributed by atoms with van der Waals surface area (Å²) in [4.78, 5) is 26.7. The van der Waals surface area contributed by atoms with Crippen LogP contribution in [0.3, 0.4) is 0 Å². The summed E-state index contributed by atoms with van der Waals surface area (Å²) < 4.78 is 127. The molecule has 1 aliphatic carbocycles. The Balaban J connectivity index is 1.48. The zero-order valence-corrected chi connectivity index (χ0v) is 27.3. The first kappa shape index (κ1) is 36.2. The van der Waals surface area contributed by atoms with Gasteiger partial charge in [-0.05, 0) is 47.9 Å². The van der Waals surface area contributed by atoms with Crippen molar-refractivity contribution in [1.82, 2.24) is 30.0 Å². The van der Waals surface area contributed by atoms with Crippen LogP contribution in [-0.2, 0) is 29.6 Å². The van der Waals surface area contributed by atoms with Crippen molar-refractivity contribution in [2.75, 3.05) is 14.2 Å². The minimum absolute atomic E-state index is 0.0430. The lowest BCUT2D eigenvalue weighted by molar-refractivity contribution is -0.123. The number of alkyl halides is 6. The minimum Gasteiger partial charge on any atom is -0.481 e. The second-order valence-electron chi connectivity index (χ2n) is 11.9. The Hall–Kier alpha value is -5.61. The zero-order valence-electron chi connectivity index (χ0n) is 27.3. The molecular formula is C35H28F8N6O3. The van der Waals surface area contributed by atoms with Crippen LogP contribution in [-0.4, -0.2) is 44.9 Å². The Morgan fingerprint density at radius 1 is 0.846 bits per heavy atom. The van der Waals surface area contributed by atoms with Crippen molar-refractivity contribution < 1.29 is 49.4 Å². The first-order valence-corrected chi connectivity index (χ1v) is 15.6. The summed E-state index contributed by atoms with van der Waals surface area (Å²) in [5, 5.41) is 5.95. The molecule has 0 radical (unpaired) electrons. The zero-order chi connectivity index (χ0) is 37.4. The lowest BCUT2D eigenvalue weighted by Crippen LogP contribution is -2.37. The Morgan fingerprint density at radius 2 is 1.46 bits per heavy atom. The molecule has 5 aromatic rings. The minimum atomic E-state index is -4.05. The highest BCUT2D eigenvalue weighted by atomic mass is 19.3. The molecule has 17 heteroatoms. The van der Waals surface area contributed by atoms with Gasteiger partial charge >= 0.3 is 0 Å². The first-order valence-electron chi connectivity index (χ1n) is 15.6. The van der Waals surface area contributed by atoms with Gasteiger partial charge in [0.15, 0.2) is 0 Å². The summed E-state index contributed by atoms with van der Waals surface area (Å²) >= 11 is 0. The number of pyridine rings is 3. The average molecular weight is 733 g/mol. The Labute approximate surface area is 290 Å². The largest absolute Gasteiger partial charge is 0.481 e. The highest BCUT2D eigenvalue weighted by molar-refractivity contribution is 5.78. The number of carbonyl (C=O) groups excluding carboxylic acids is 1. The van der Waals surface area contributed by atoms with Crippen molar-refractivity contribution in [2.45, 2.75) is 50.1 Å².